The fraction of sp³-hybridized carbons (Fsp3) is 0.522. The maximum absolute atomic E-state index is 13.1. The minimum Gasteiger partial charge on any atom is -0.444 e. The fourth-order valence-corrected chi connectivity index (χ4v) is 4.19. The lowest BCUT2D eigenvalue weighted by Crippen LogP contribution is -2.54. The van der Waals surface area contributed by atoms with Gasteiger partial charge in [0.15, 0.2) is 5.65 Å². The normalized spacial score (nSPS) is 18.8. The Morgan fingerprint density at radius 1 is 1.29 bits per heavy atom. The minimum absolute atomic E-state index is 0.109. The van der Waals surface area contributed by atoms with E-state index in [0.717, 1.165) is 23.2 Å². The summed E-state index contributed by atoms with van der Waals surface area (Å²) in [6.07, 6.45) is 6.67. The molecule has 34 heavy (non-hydrogen) atoms. The molecule has 0 saturated carbocycles. The zero-order chi connectivity index (χ0) is 24.5. The smallest absolute Gasteiger partial charge is 0.410 e. The summed E-state index contributed by atoms with van der Waals surface area (Å²) in [6, 6.07) is 1.20. The molecule has 11 heteroatoms. The molecule has 1 aliphatic rings. The van der Waals surface area contributed by atoms with Crippen molar-refractivity contribution >= 4 is 23.5 Å². The van der Waals surface area contributed by atoms with Gasteiger partial charge in [0.25, 0.3) is 0 Å². The minimum atomic E-state index is -0.673. The van der Waals surface area contributed by atoms with Crippen molar-refractivity contribution in [2.24, 2.45) is 0 Å². The molecule has 182 valence electrons. The molecule has 0 aromatic carbocycles. The Morgan fingerprint density at radius 3 is 2.76 bits per heavy atom. The highest BCUT2D eigenvalue weighted by atomic mass is 16.6. The third-order valence-electron chi connectivity index (χ3n) is 5.81. The summed E-state index contributed by atoms with van der Waals surface area (Å²) in [6.45, 7) is 8.29. The van der Waals surface area contributed by atoms with Crippen molar-refractivity contribution in [1.29, 1.82) is 0 Å². The maximum Gasteiger partial charge on any atom is 0.410 e. The van der Waals surface area contributed by atoms with Crippen LogP contribution in [0.3, 0.4) is 0 Å². The first kappa shape index (κ1) is 23.5. The number of piperidine rings is 1. The van der Waals surface area contributed by atoms with Gasteiger partial charge in [-0.2, -0.15) is 14.7 Å². The first-order chi connectivity index (χ1) is 16.2. The molecule has 4 N–H and O–H groups in total. The van der Waals surface area contributed by atoms with E-state index in [-0.39, 0.29) is 11.8 Å². The predicted octanol–water partition coefficient (Wildman–Crippen LogP) is 2.71. The molecule has 0 aliphatic carbocycles. The van der Waals surface area contributed by atoms with Crippen LogP contribution in [0.2, 0.25) is 0 Å². The highest BCUT2D eigenvalue weighted by molar-refractivity contribution is 5.86. The Hall–Kier alpha value is -3.63. The van der Waals surface area contributed by atoms with E-state index in [9.17, 15) is 9.59 Å². The number of anilines is 1. The number of hydrogen-bond donors (Lipinski definition) is 3. The van der Waals surface area contributed by atoms with Crippen molar-refractivity contribution in [3.05, 3.63) is 30.4 Å². The molecule has 0 unspecified atom stereocenters. The van der Waals surface area contributed by atoms with Gasteiger partial charge in [-0.05, 0) is 40.0 Å². The van der Waals surface area contributed by atoms with Crippen LogP contribution < -0.4 is 11.1 Å². The van der Waals surface area contributed by atoms with Crippen LogP contribution in [0.5, 0.6) is 0 Å². The number of amides is 2. The van der Waals surface area contributed by atoms with Crippen molar-refractivity contribution < 1.29 is 14.3 Å². The number of carbonyl (C=O) groups is 2. The molecule has 1 saturated heterocycles. The van der Waals surface area contributed by atoms with E-state index >= 15 is 0 Å². The molecule has 11 nitrogen and oxygen atoms in total. The van der Waals surface area contributed by atoms with Crippen molar-refractivity contribution in [3.8, 4) is 11.1 Å². The number of aromatic nitrogens is 5. The standard InChI is InChI=1S/C23H32N8O3/c1-5-8-25-21(32)18-7-6-14(13-30(18)22(33)34-23(2,3)4)17-9-19(24)31-20(29-17)16(12-28-31)15-10-26-27-11-15/h9-12,14,18H,5-8,13,24H2,1-4H3,(H,25,32)(H,26,27)/t14-,18-/m0/s1. The Morgan fingerprint density at radius 2 is 2.09 bits per heavy atom. The summed E-state index contributed by atoms with van der Waals surface area (Å²) in [5.41, 5.74) is 8.65. The monoisotopic (exact) mass is 468 g/mol. The average Bonchev–Trinajstić information content (AvgIpc) is 3.45. The SMILES string of the molecule is CCCNC(=O)[C@@H]1CC[C@H](c2cc(N)n3ncc(-c4cn[nH]c4)c3n2)CN1C(=O)OC(C)(C)C. The molecule has 2 atom stereocenters. The molecule has 0 radical (unpaired) electrons. The largest absolute Gasteiger partial charge is 0.444 e. The molecular weight excluding hydrogens is 436 g/mol. The summed E-state index contributed by atoms with van der Waals surface area (Å²) in [4.78, 5) is 32.3. The average molecular weight is 469 g/mol. The lowest BCUT2D eigenvalue weighted by Gasteiger charge is -2.39. The molecule has 2 amide bonds. The lowest BCUT2D eigenvalue weighted by molar-refractivity contribution is -0.127. The molecule has 0 bridgehead atoms. The van der Waals surface area contributed by atoms with E-state index in [1.807, 2.05) is 27.7 Å². The number of aromatic amines is 1. The fourth-order valence-electron chi connectivity index (χ4n) is 4.19. The first-order valence-electron chi connectivity index (χ1n) is 11.6. The molecular formula is C23H32N8O3. The molecule has 4 rings (SSSR count). The lowest BCUT2D eigenvalue weighted by atomic mass is 9.89. The van der Waals surface area contributed by atoms with Crippen molar-refractivity contribution in [3.63, 3.8) is 0 Å². The number of hydrogen-bond acceptors (Lipinski definition) is 7. The van der Waals surface area contributed by atoms with Gasteiger partial charge < -0.3 is 15.8 Å². The number of nitrogens with one attached hydrogen (secondary N) is 2. The van der Waals surface area contributed by atoms with Gasteiger partial charge in [0, 0.05) is 42.4 Å². The number of nitrogens with two attached hydrogens (primary N) is 1. The number of likely N-dealkylation sites (tertiary alicyclic amines) is 1. The number of nitrogen functional groups attached to an aromatic ring is 1. The van der Waals surface area contributed by atoms with E-state index in [2.05, 4.69) is 20.6 Å². The van der Waals surface area contributed by atoms with E-state index < -0.39 is 17.7 Å². The van der Waals surface area contributed by atoms with Gasteiger partial charge in [-0.15, -0.1) is 0 Å². The van der Waals surface area contributed by atoms with Crippen molar-refractivity contribution in [2.75, 3.05) is 18.8 Å². The van der Waals surface area contributed by atoms with Gasteiger partial charge in [0.1, 0.15) is 17.5 Å². The van der Waals surface area contributed by atoms with E-state index in [4.69, 9.17) is 15.5 Å². The van der Waals surface area contributed by atoms with E-state index in [0.29, 0.717) is 37.4 Å². The predicted molar refractivity (Wildman–Crippen MR) is 127 cm³/mol. The zero-order valence-corrected chi connectivity index (χ0v) is 20.0. The third-order valence-corrected chi connectivity index (χ3v) is 5.81. The van der Waals surface area contributed by atoms with E-state index in [1.54, 1.807) is 29.2 Å². The molecule has 1 fully saturated rings. The second kappa shape index (κ2) is 9.32. The van der Waals surface area contributed by atoms with Crippen molar-refractivity contribution in [1.82, 2.24) is 35.0 Å². The number of carbonyl (C=O) groups excluding carboxylic acids is 2. The first-order valence-corrected chi connectivity index (χ1v) is 11.6. The van der Waals surface area contributed by atoms with Crippen LogP contribution in [0.25, 0.3) is 16.8 Å². The summed E-state index contributed by atoms with van der Waals surface area (Å²) in [5.74, 6) is 0.177. The number of nitrogens with zero attached hydrogens (tertiary/aromatic N) is 5. The highest BCUT2D eigenvalue weighted by Crippen LogP contribution is 2.33. The second-order valence-electron chi connectivity index (χ2n) is 9.60. The quantitative estimate of drug-likeness (QED) is 0.522. The molecule has 4 heterocycles. The molecule has 0 spiro atoms. The number of H-pyrrole nitrogens is 1. The Labute approximate surface area is 198 Å². The highest BCUT2D eigenvalue weighted by Gasteiger charge is 2.39. The topological polar surface area (TPSA) is 144 Å². The van der Waals surface area contributed by atoms with Crippen LogP contribution in [0.15, 0.2) is 24.7 Å². The van der Waals surface area contributed by atoms with Crippen molar-refractivity contribution in [2.45, 2.75) is 64.5 Å². The van der Waals surface area contributed by atoms with Crippen LogP contribution >= 0.6 is 0 Å². The van der Waals surface area contributed by atoms with Gasteiger partial charge in [0.05, 0.1) is 18.1 Å². The number of fused-ring (bicyclic) bond motifs is 1. The Kier molecular flexibility index (Phi) is 6.45. The van der Waals surface area contributed by atoms with E-state index in [1.165, 1.54) is 4.90 Å². The van der Waals surface area contributed by atoms with Gasteiger partial charge >= 0.3 is 6.09 Å². The van der Waals surface area contributed by atoms with Crippen LogP contribution in [0, 0.1) is 0 Å². The van der Waals surface area contributed by atoms with Gasteiger partial charge in [-0.1, -0.05) is 6.92 Å². The van der Waals surface area contributed by atoms with Crippen LogP contribution in [-0.4, -0.2) is 66.4 Å². The third kappa shape index (κ3) is 4.82. The molecule has 1 aliphatic heterocycles. The summed E-state index contributed by atoms with van der Waals surface area (Å²) in [5, 5.41) is 14.1. The zero-order valence-electron chi connectivity index (χ0n) is 20.0. The molecule has 3 aromatic rings. The number of ether oxygens (including phenoxy) is 1. The van der Waals surface area contributed by atoms with Gasteiger partial charge in [-0.3, -0.25) is 14.8 Å². The maximum atomic E-state index is 13.1. The Bertz CT molecular complexity index is 1170. The summed E-state index contributed by atoms with van der Waals surface area (Å²) < 4.78 is 7.22. The molecule has 3 aromatic heterocycles. The van der Waals surface area contributed by atoms with Crippen LogP contribution in [-0.2, 0) is 9.53 Å². The number of rotatable bonds is 5. The Balaban J connectivity index is 1.65. The summed E-state index contributed by atoms with van der Waals surface area (Å²) in [7, 11) is 0. The van der Waals surface area contributed by atoms with Gasteiger partial charge in [-0.25, -0.2) is 9.78 Å². The van der Waals surface area contributed by atoms with Gasteiger partial charge in [0.2, 0.25) is 5.91 Å². The summed E-state index contributed by atoms with van der Waals surface area (Å²) >= 11 is 0. The van der Waals surface area contributed by atoms with Crippen LogP contribution in [0.4, 0.5) is 10.6 Å². The second-order valence-corrected chi connectivity index (χ2v) is 9.60. The van der Waals surface area contributed by atoms with Crippen LogP contribution in [0.1, 0.15) is 58.6 Å².